The molecular formula is C10H18NO. The largest absolute Gasteiger partial charge is 0.378 e. The van der Waals surface area contributed by atoms with Gasteiger partial charge < -0.3 is 5.11 Å². The van der Waals surface area contributed by atoms with Gasteiger partial charge in [0.05, 0.1) is 0 Å². The second-order valence-corrected chi connectivity index (χ2v) is 3.98. The Labute approximate surface area is 74.6 Å². The van der Waals surface area contributed by atoms with E-state index in [4.69, 9.17) is 0 Å². The maximum atomic E-state index is 9.88. The van der Waals surface area contributed by atoms with Gasteiger partial charge in [-0.1, -0.05) is 12.8 Å². The fourth-order valence-corrected chi connectivity index (χ4v) is 2.06. The molecule has 1 unspecified atom stereocenters. The molecule has 2 fully saturated rings. The number of aliphatic hydroxyl groups excluding tert-OH is 1. The highest BCUT2D eigenvalue weighted by Crippen LogP contribution is 2.33. The predicted octanol–water partition coefficient (Wildman–Crippen LogP) is 1.55. The fraction of sp³-hybridized carbons (Fsp3) is 0.900. The Kier molecular flexibility index (Phi) is 2.66. The molecule has 69 valence electrons. The highest BCUT2D eigenvalue weighted by molar-refractivity contribution is 5.04. The first-order chi connectivity index (χ1) is 5.88. The van der Waals surface area contributed by atoms with Gasteiger partial charge in [-0.15, -0.1) is 0 Å². The standard InChI is InChI=1S/C10H18NO/c12-10(9-5-4-6-9)11-7-2-1-3-8-11/h10,12H,1-8H2. The molecule has 12 heavy (non-hydrogen) atoms. The van der Waals surface area contributed by atoms with Crippen LogP contribution in [-0.2, 0) is 0 Å². The van der Waals surface area contributed by atoms with Crippen LogP contribution in [0.5, 0.6) is 0 Å². The van der Waals surface area contributed by atoms with E-state index in [1.165, 1.54) is 31.6 Å². The summed E-state index contributed by atoms with van der Waals surface area (Å²) in [7, 11) is 0. The van der Waals surface area contributed by atoms with Crippen molar-refractivity contribution in [2.75, 3.05) is 13.1 Å². The summed E-state index contributed by atoms with van der Waals surface area (Å²) in [5.74, 6) is 1.37. The number of likely N-dealkylation sites (tertiary alicyclic amines) is 1. The van der Waals surface area contributed by atoms with Crippen molar-refractivity contribution in [3.63, 3.8) is 0 Å². The number of hydrogen-bond acceptors (Lipinski definition) is 2. The molecule has 2 rings (SSSR count). The third-order valence-corrected chi connectivity index (χ3v) is 3.10. The van der Waals surface area contributed by atoms with Crippen molar-refractivity contribution in [2.24, 2.45) is 0 Å². The van der Waals surface area contributed by atoms with Crippen molar-refractivity contribution in [3.8, 4) is 0 Å². The van der Waals surface area contributed by atoms with Crippen LogP contribution in [0, 0.1) is 5.92 Å². The third-order valence-electron chi connectivity index (χ3n) is 3.10. The van der Waals surface area contributed by atoms with Gasteiger partial charge in [0.1, 0.15) is 6.23 Å². The Balaban J connectivity index is 1.80. The maximum Gasteiger partial charge on any atom is 0.113 e. The van der Waals surface area contributed by atoms with Crippen LogP contribution >= 0.6 is 0 Å². The summed E-state index contributed by atoms with van der Waals surface area (Å²) < 4.78 is 0. The van der Waals surface area contributed by atoms with Gasteiger partial charge in [-0.25, -0.2) is 0 Å². The first-order valence-corrected chi connectivity index (χ1v) is 5.14. The SMILES string of the molecule is OC([C]1CCC1)N1CCCCC1. The summed E-state index contributed by atoms with van der Waals surface area (Å²) in [6.07, 6.45) is 7.31. The number of rotatable bonds is 2. The van der Waals surface area contributed by atoms with E-state index >= 15 is 0 Å². The number of aliphatic hydroxyl groups is 1. The summed E-state index contributed by atoms with van der Waals surface area (Å²) in [5.41, 5.74) is 0. The predicted molar refractivity (Wildman–Crippen MR) is 48.5 cm³/mol. The van der Waals surface area contributed by atoms with Gasteiger partial charge >= 0.3 is 0 Å². The van der Waals surface area contributed by atoms with E-state index in [9.17, 15) is 5.11 Å². The highest BCUT2D eigenvalue weighted by atomic mass is 16.3. The molecule has 1 aliphatic carbocycles. The Morgan fingerprint density at radius 1 is 1.00 bits per heavy atom. The normalized spacial score (nSPS) is 29.8. The van der Waals surface area contributed by atoms with Crippen LogP contribution in [0.2, 0.25) is 0 Å². The second kappa shape index (κ2) is 3.75. The molecule has 0 bridgehead atoms. The molecule has 0 spiro atoms. The molecule has 0 aromatic heterocycles. The molecule has 0 amide bonds. The lowest BCUT2D eigenvalue weighted by Gasteiger charge is -2.39. The molecule has 1 N–H and O–H groups in total. The highest BCUT2D eigenvalue weighted by Gasteiger charge is 2.30. The van der Waals surface area contributed by atoms with Crippen LogP contribution < -0.4 is 0 Å². The van der Waals surface area contributed by atoms with Gasteiger partial charge in [-0.3, -0.25) is 4.90 Å². The van der Waals surface area contributed by atoms with Crippen molar-refractivity contribution in [1.29, 1.82) is 0 Å². The van der Waals surface area contributed by atoms with Crippen LogP contribution in [0.15, 0.2) is 0 Å². The summed E-state index contributed by atoms with van der Waals surface area (Å²) >= 11 is 0. The second-order valence-electron chi connectivity index (χ2n) is 3.98. The van der Waals surface area contributed by atoms with Gasteiger partial charge in [0.25, 0.3) is 0 Å². The lowest BCUT2D eigenvalue weighted by atomic mass is 9.83. The number of hydrogen-bond donors (Lipinski definition) is 1. The lowest BCUT2D eigenvalue weighted by molar-refractivity contribution is -0.0111. The minimum Gasteiger partial charge on any atom is -0.378 e. The van der Waals surface area contributed by atoms with E-state index in [-0.39, 0.29) is 6.23 Å². The van der Waals surface area contributed by atoms with Crippen LogP contribution in [-0.4, -0.2) is 29.3 Å². The van der Waals surface area contributed by atoms with Crippen molar-refractivity contribution >= 4 is 0 Å². The molecular weight excluding hydrogens is 150 g/mol. The van der Waals surface area contributed by atoms with E-state index in [0.29, 0.717) is 0 Å². The molecule has 1 saturated heterocycles. The Bertz CT molecular complexity index is 139. The summed E-state index contributed by atoms with van der Waals surface area (Å²) in [5, 5.41) is 9.88. The first-order valence-electron chi connectivity index (χ1n) is 5.14. The van der Waals surface area contributed by atoms with Crippen LogP contribution in [0.3, 0.4) is 0 Å². The van der Waals surface area contributed by atoms with Crippen LogP contribution in [0.4, 0.5) is 0 Å². The molecule has 1 atom stereocenters. The van der Waals surface area contributed by atoms with Gasteiger partial charge in [-0.2, -0.15) is 0 Å². The minimum atomic E-state index is -0.195. The summed E-state index contributed by atoms with van der Waals surface area (Å²) in [6, 6.07) is 0. The zero-order valence-electron chi connectivity index (χ0n) is 7.63. The average Bonchev–Trinajstić information content (AvgIpc) is 2.03. The third kappa shape index (κ3) is 1.64. The first kappa shape index (κ1) is 8.52. The number of nitrogens with zero attached hydrogens (tertiary/aromatic N) is 1. The average molecular weight is 168 g/mol. The van der Waals surface area contributed by atoms with Gasteiger partial charge in [-0.05, 0) is 25.7 Å². The monoisotopic (exact) mass is 168 g/mol. The van der Waals surface area contributed by atoms with Crippen LogP contribution in [0.25, 0.3) is 0 Å². The number of piperidine rings is 1. The van der Waals surface area contributed by atoms with Crippen molar-refractivity contribution < 1.29 is 5.11 Å². The smallest absolute Gasteiger partial charge is 0.113 e. The van der Waals surface area contributed by atoms with E-state index in [2.05, 4.69) is 4.90 Å². The molecule has 1 heterocycles. The molecule has 0 aromatic carbocycles. The Hall–Kier alpha value is -0.0800. The Morgan fingerprint density at radius 3 is 2.17 bits per heavy atom. The van der Waals surface area contributed by atoms with Crippen molar-refractivity contribution in [3.05, 3.63) is 5.92 Å². The van der Waals surface area contributed by atoms with Crippen LogP contribution in [0.1, 0.15) is 38.5 Å². The van der Waals surface area contributed by atoms with E-state index in [1.807, 2.05) is 0 Å². The van der Waals surface area contributed by atoms with E-state index in [1.54, 1.807) is 0 Å². The zero-order valence-corrected chi connectivity index (χ0v) is 7.63. The van der Waals surface area contributed by atoms with Gasteiger partial charge in [0.15, 0.2) is 0 Å². The van der Waals surface area contributed by atoms with Gasteiger partial charge in [0.2, 0.25) is 0 Å². The molecule has 2 aliphatic rings. The maximum absolute atomic E-state index is 9.88. The van der Waals surface area contributed by atoms with E-state index < -0.39 is 0 Å². The summed E-state index contributed by atoms with van der Waals surface area (Å²) in [4.78, 5) is 2.23. The Morgan fingerprint density at radius 2 is 1.67 bits per heavy atom. The fourth-order valence-electron chi connectivity index (χ4n) is 2.06. The molecule has 1 radical (unpaired) electrons. The molecule has 2 nitrogen and oxygen atoms in total. The van der Waals surface area contributed by atoms with Gasteiger partial charge in [0, 0.05) is 19.0 Å². The van der Waals surface area contributed by atoms with E-state index in [0.717, 1.165) is 25.9 Å². The topological polar surface area (TPSA) is 23.5 Å². The molecule has 1 aliphatic heterocycles. The zero-order chi connectivity index (χ0) is 8.39. The minimum absolute atomic E-state index is 0.195. The quantitative estimate of drug-likeness (QED) is 0.676. The van der Waals surface area contributed by atoms with Crippen molar-refractivity contribution in [2.45, 2.75) is 44.8 Å². The summed E-state index contributed by atoms with van der Waals surface area (Å²) in [6.45, 7) is 2.20. The van der Waals surface area contributed by atoms with Crippen molar-refractivity contribution in [1.82, 2.24) is 4.90 Å². The molecule has 0 aromatic rings. The molecule has 1 saturated carbocycles. The lowest BCUT2D eigenvalue weighted by Crippen LogP contribution is -2.44. The molecule has 2 heteroatoms.